The second-order valence-corrected chi connectivity index (χ2v) is 7.07. The molecule has 0 saturated carbocycles. The van der Waals surface area contributed by atoms with E-state index in [4.69, 9.17) is 0 Å². The monoisotopic (exact) mass is 248 g/mol. The predicted molar refractivity (Wildman–Crippen MR) is 67.5 cm³/mol. The molecule has 1 N–H and O–H groups in total. The van der Waals surface area contributed by atoms with E-state index in [-0.39, 0.29) is 5.75 Å². The molecule has 0 bridgehead atoms. The van der Waals surface area contributed by atoms with E-state index in [1.165, 1.54) is 0 Å². The average molecular weight is 248 g/mol. The third-order valence-corrected chi connectivity index (χ3v) is 4.84. The molecule has 4 nitrogen and oxygen atoms in total. The molecule has 5 heteroatoms. The van der Waals surface area contributed by atoms with Gasteiger partial charge in [-0.05, 0) is 39.4 Å². The van der Waals surface area contributed by atoms with Gasteiger partial charge in [-0.15, -0.1) is 0 Å². The van der Waals surface area contributed by atoms with E-state index in [2.05, 4.69) is 17.1 Å². The van der Waals surface area contributed by atoms with Crippen molar-refractivity contribution in [2.45, 2.75) is 32.7 Å². The zero-order valence-electron chi connectivity index (χ0n) is 10.4. The van der Waals surface area contributed by atoms with Crippen molar-refractivity contribution in [3.8, 4) is 0 Å². The Morgan fingerprint density at radius 1 is 1.44 bits per heavy atom. The third-order valence-electron chi connectivity index (χ3n) is 3.05. The van der Waals surface area contributed by atoms with Gasteiger partial charge in [0, 0.05) is 18.3 Å². The molecule has 0 radical (unpaired) electrons. The molecular weight excluding hydrogens is 224 g/mol. The highest BCUT2D eigenvalue weighted by Gasteiger charge is 2.14. The number of hydrogen-bond donors (Lipinski definition) is 1. The van der Waals surface area contributed by atoms with E-state index in [9.17, 15) is 8.42 Å². The standard InChI is InChI=1S/C11H24N2O2S/c1-3-16(14,15)9-5-8-13-7-4-6-12-11(2)10-13/h11-12H,3-10H2,1-2H3. The Morgan fingerprint density at radius 3 is 2.88 bits per heavy atom. The lowest BCUT2D eigenvalue weighted by Crippen LogP contribution is -2.36. The first-order valence-electron chi connectivity index (χ1n) is 6.19. The molecule has 1 rings (SSSR count). The maximum absolute atomic E-state index is 11.3. The summed E-state index contributed by atoms with van der Waals surface area (Å²) in [6, 6.07) is 0.519. The molecule has 1 unspecified atom stereocenters. The van der Waals surface area contributed by atoms with Crippen molar-refractivity contribution < 1.29 is 8.42 Å². The van der Waals surface area contributed by atoms with Crippen molar-refractivity contribution in [1.29, 1.82) is 0 Å². The molecule has 0 aromatic carbocycles. The Labute approximate surface area is 99.3 Å². The fourth-order valence-electron chi connectivity index (χ4n) is 2.05. The summed E-state index contributed by atoms with van der Waals surface area (Å²) in [4.78, 5) is 2.37. The van der Waals surface area contributed by atoms with Crippen molar-refractivity contribution in [2.75, 3.05) is 37.7 Å². The van der Waals surface area contributed by atoms with Crippen molar-refractivity contribution in [3.05, 3.63) is 0 Å². The highest BCUT2D eigenvalue weighted by atomic mass is 32.2. The molecule has 1 fully saturated rings. The van der Waals surface area contributed by atoms with Crippen LogP contribution >= 0.6 is 0 Å². The molecule has 16 heavy (non-hydrogen) atoms. The summed E-state index contributed by atoms with van der Waals surface area (Å²) < 4.78 is 22.7. The van der Waals surface area contributed by atoms with Gasteiger partial charge in [0.1, 0.15) is 9.84 Å². The molecule has 0 amide bonds. The van der Waals surface area contributed by atoms with Crippen LogP contribution in [0, 0.1) is 0 Å². The zero-order chi connectivity index (χ0) is 12.0. The van der Waals surface area contributed by atoms with E-state index in [1.54, 1.807) is 6.92 Å². The van der Waals surface area contributed by atoms with Gasteiger partial charge in [-0.25, -0.2) is 8.42 Å². The van der Waals surface area contributed by atoms with Gasteiger partial charge in [0.2, 0.25) is 0 Å². The molecule has 1 atom stereocenters. The highest BCUT2D eigenvalue weighted by molar-refractivity contribution is 7.91. The summed E-state index contributed by atoms with van der Waals surface area (Å²) >= 11 is 0. The minimum atomic E-state index is -2.79. The average Bonchev–Trinajstić information content (AvgIpc) is 2.43. The SMILES string of the molecule is CCS(=O)(=O)CCCN1CCCNC(C)C1. The van der Waals surface area contributed by atoms with Crippen LogP contribution in [0.3, 0.4) is 0 Å². The lowest BCUT2D eigenvalue weighted by molar-refractivity contribution is 0.274. The van der Waals surface area contributed by atoms with E-state index >= 15 is 0 Å². The Balaban J connectivity index is 2.26. The van der Waals surface area contributed by atoms with E-state index in [0.717, 1.165) is 39.0 Å². The molecule has 0 aromatic heterocycles. The topological polar surface area (TPSA) is 49.4 Å². The molecule has 1 heterocycles. The highest BCUT2D eigenvalue weighted by Crippen LogP contribution is 2.02. The molecule has 96 valence electrons. The van der Waals surface area contributed by atoms with Crippen LogP contribution in [0.4, 0.5) is 0 Å². The summed E-state index contributed by atoms with van der Waals surface area (Å²) in [5.74, 6) is 0.604. The first kappa shape index (κ1) is 13.9. The first-order valence-corrected chi connectivity index (χ1v) is 8.02. The summed E-state index contributed by atoms with van der Waals surface area (Å²) in [5.41, 5.74) is 0. The maximum atomic E-state index is 11.3. The Hall–Kier alpha value is -0.130. The fraction of sp³-hybridized carbons (Fsp3) is 1.00. The molecular formula is C11H24N2O2S. The third kappa shape index (κ3) is 5.27. The number of nitrogens with one attached hydrogen (secondary N) is 1. The predicted octanol–water partition coefficient (Wildman–Crippen LogP) is 0.495. The van der Waals surface area contributed by atoms with E-state index < -0.39 is 9.84 Å². The number of sulfone groups is 1. The summed E-state index contributed by atoms with van der Waals surface area (Å²) in [7, 11) is -2.79. The fourth-order valence-corrected chi connectivity index (χ4v) is 2.91. The lowest BCUT2D eigenvalue weighted by Gasteiger charge is -2.21. The van der Waals surface area contributed by atoms with Gasteiger partial charge < -0.3 is 10.2 Å². The number of rotatable bonds is 5. The molecule has 1 aliphatic rings. The van der Waals surface area contributed by atoms with Gasteiger partial charge >= 0.3 is 0 Å². The summed E-state index contributed by atoms with van der Waals surface area (Å²) in [6.07, 6.45) is 1.92. The zero-order valence-corrected chi connectivity index (χ0v) is 11.2. The van der Waals surface area contributed by atoms with Crippen LogP contribution in [-0.4, -0.2) is 57.0 Å². The summed E-state index contributed by atoms with van der Waals surface area (Å²) in [6.45, 7) is 8.00. The van der Waals surface area contributed by atoms with Crippen molar-refractivity contribution >= 4 is 9.84 Å². The Bertz CT molecular complexity index is 290. The van der Waals surface area contributed by atoms with Gasteiger partial charge in [0.15, 0.2) is 0 Å². The minimum absolute atomic E-state index is 0.269. The number of hydrogen-bond acceptors (Lipinski definition) is 4. The van der Waals surface area contributed by atoms with Crippen LogP contribution in [0.1, 0.15) is 26.7 Å². The van der Waals surface area contributed by atoms with Crippen LogP contribution in [0.5, 0.6) is 0 Å². The van der Waals surface area contributed by atoms with Crippen molar-refractivity contribution in [3.63, 3.8) is 0 Å². The van der Waals surface area contributed by atoms with Gasteiger partial charge in [-0.3, -0.25) is 0 Å². The van der Waals surface area contributed by atoms with Crippen molar-refractivity contribution in [2.24, 2.45) is 0 Å². The quantitative estimate of drug-likeness (QED) is 0.769. The smallest absolute Gasteiger partial charge is 0.150 e. The summed E-state index contributed by atoms with van der Waals surface area (Å²) in [5, 5.41) is 3.43. The van der Waals surface area contributed by atoms with Crippen LogP contribution in [0.2, 0.25) is 0 Å². The van der Waals surface area contributed by atoms with Crippen LogP contribution < -0.4 is 5.32 Å². The van der Waals surface area contributed by atoms with E-state index in [0.29, 0.717) is 11.8 Å². The molecule has 0 aromatic rings. The van der Waals surface area contributed by atoms with Crippen molar-refractivity contribution in [1.82, 2.24) is 10.2 Å². The second kappa shape index (κ2) is 6.57. The van der Waals surface area contributed by atoms with Crippen LogP contribution in [-0.2, 0) is 9.84 Å². The van der Waals surface area contributed by atoms with Crippen LogP contribution in [0.15, 0.2) is 0 Å². The lowest BCUT2D eigenvalue weighted by atomic mass is 10.3. The largest absolute Gasteiger partial charge is 0.313 e. The van der Waals surface area contributed by atoms with E-state index in [1.807, 2.05) is 0 Å². The molecule has 1 saturated heterocycles. The number of nitrogens with zero attached hydrogens (tertiary/aromatic N) is 1. The van der Waals surface area contributed by atoms with Gasteiger partial charge in [-0.1, -0.05) is 6.92 Å². The second-order valence-electron chi connectivity index (χ2n) is 4.60. The Morgan fingerprint density at radius 2 is 2.19 bits per heavy atom. The molecule has 0 spiro atoms. The molecule has 1 aliphatic heterocycles. The normalized spacial score (nSPS) is 24.2. The minimum Gasteiger partial charge on any atom is -0.313 e. The molecule has 0 aliphatic carbocycles. The Kier molecular flexibility index (Phi) is 5.72. The van der Waals surface area contributed by atoms with Gasteiger partial charge in [0.05, 0.1) is 5.75 Å². The van der Waals surface area contributed by atoms with Gasteiger partial charge in [0.25, 0.3) is 0 Å². The maximum Gasteiger partial charge on any atom is 0.150 e. The first-order chi connectivity index (χ1) is 7.53. The van der Waals surface area contributed by atoms with Crippen LogP contribution in [0.25, 0.3) is 0 Å². The van der Waals surface area contributed by atoms with Gasteiger partial charge in [-0.2, -0.15) is 0 Å².